The Labute approximate surface area is 154 Å². The van der Waals surface area contributed by atoms with Crippen LogP contribution in [0, 0.1) is 5.92 Å². The second-order valence-electron chi connectivity index (χ2n) is 6.93. The van der Waals surface area contributed by atoms with E-state index in [1.807, 2.05) is 30.3 Å². The van der Waals surface area contributed by atoms with Crippen LogP contribution in [0.3, 0.4) is 0 Å². The molecule has 3 aromatic rings. The Kier molecular flexibility index (Phi) is 4.83. The highest BCUT2D eigenvalue weighted by molar-refractivity contribution is 5.85. The Bertz CT molecular complexity index is 800. The zero-order valence-corrected chi connectivity index (χ0v) is 14.7. The van der Waals surface area contributed by atoms with Gasteiger partial charge in [0, 0.05) is 18.4 Å². The van der Waals surface area contributed by atoms with E-state index in [1.54, 1.807) is 0 Å². The summed E-state index contributed by atoms with van der Waals surface area (Å²) in [5, 5.41) is 3.15. The van der Waals surface area contributed by atoms with Crippen LogP contribution in [0.2, 0.25) is 0 Å². The van der Waals surface area contributed by atoms with E-state index in [2.05, 4.69) is 66.0 Å². The average molecular weight is 341 g/mol. The van der Waals surface area contributed by atoms with Crippen LogP contribution in [0.15, 0.2) is 91.0 Å². The predicted octanol–water partition coefficient (Wildman–Crippen LogP) is 4.54. The van der Waals surface area contributed by atoms with Gasteiger partial charge in [-0.05, 0) is 23.1 Å². The van der Waals surface area contributed by atoms with Crippen molar-refractivity contribution in [3.8, 4) is 0 Å². The van der Waals surface area contributed by atoms with E-state index >= 15 is 0 Å². The quantitative estimate of drug-likeness (QED) is 0.700. The number of carbonyl (C=O) groups excluding carboxylic acids is 1. The molecule has 4 rings (SSSR count). The molecule has 0 unspecified atom stereocenters. The number of benzene rings is 3. The Hall–Kier alpha value is -2.87. The fourth-order valence-electron chi connectivity index (χ4n) is 3.91. The summed E-state index contributed by atoms with van der Waals surface area (Å²) in [7, 11) is 0. The molecule has 0 aromatic heterocycles. The smallest absolute Gasteiger partial charge is 0.224 e. The van der Waals surface area contributed by atoms with Gasteiger partial charge in [0.15, 0.2) is 0 Å². The van der Waals surface area contributed by atoms with E-state index in [4.69, 9.17) is 0 Å². The average Bonchev–Trinajstić information content (AvgIpc) is 3.46. The van der Waals surface area contributed by atoms with Gasteiger partial charge >= 0.3 is 0 Å². The molecule has 0 aliphatic heterocycles. The van der Waals surface area contributed by atoms with Crippen molar-refractivity contribution in [2.24, 2.45) is 5.92 Å². The Balaban J connectivity index is 1.45. The summed E-state index contributed by atoms with van der Waals surface area (Å²) in [6.45, 7) is 0.683. The van der Waals surface area contributed by atoms with Crippen molar-refractivity contribution < 1.29 is 4.79 Å². The number of nitrogens with one attached hydrogen (secondary N) is 1. The maximum atomic E-state index is 12.9. The summed E-state index contributed by atoms with van der Waals surface area (Å²) in [5.41, 5.74) is 3.76. The summed E-state index contributed by atoms with van der Waals surface area (Å²) in [5.74, 6) is 0.741. The van der Waals surface area contributed by atoms with Gasteiger partial charge < -0.3 is 5.32 Å². The summed E-state index contributed by atoms with van der Waals surface area (Å²) in [6.07, 6.45) is 0.866. The Morgan fingerprint density at radius 2 is 1.15 bits per heavy atom. The standard InChI is InChI=1S/C24H23NO/c26-24(25-17-16-18-10-4-1-5-11-18)23-21(19-12-6-2-7-13-19)22(23)20-14-8-3-9-15-20/h1-15,21-23H,16-17H2,(H,25,26)/t21-,22-/m1/s1. The number of carbonyl (C=O) groups is 1. The highest BCUT2D eigenvalue weighted by Crippen LogP contribution is 2.60. The Morgan fingerprint density at radius 1 is 0.692 bits per heavy atom. The molecule has 0 spiro atoms. The van der Waals surface area contributed by atoms with Crippen LogP contribution >= 0.6 is 0 Å². The normalized spacial score (nSPS) is 21.2. The monoisotopic (exact) mass is 341 g/mol. The molecular formula is C24H23NO. The third-order valence-electron chi connectivity index (χ3n) is 5.25. The molecule has 26 heavy (non-hydrogen) atoms. The molecule has 1 fully saturated rings. The lowest BCUT2D eigenvalue weighted by Crippen LogP contribution is -2.28. The first-order chi connectivity index (χ1) is 12.8. The first kappa shape index (κ1) is 16.6. The minimum atomic E-state index is 0.0237. The Morgan fingerprint density at radius 3 is 1.65 bits per heavy atom. The van der Waals surface area contributed by atoms with Crippen LogP contribution in [0.4, 0.5) is 0 Å². The lowest BCUT2D eigenvalue weighted by atomic mass is 10.0. The summed E-state index contributed by atoms with van der Waals surface area (Å²) in [4.78, 5) is 12.9. The minimum Gasteiger partial charge on any atom is -0.355 e. The third-order valence-corrected chi connectivity index (χ3v) is 5.25. The topological polar surface area (TPSA) is 29.1 Å². The molecule has 1 amide bonds. The molecule has 0 saturated heterocycles. The van der Waals surface area contributed by atoms with Crippen molar-refractivity contribution in [1.29, 1.82) is 0 Å². The van der Waals surface area contributed by atoms with Gasteiger partial charge in [0.1, 0.15) is 0 Å². The summed E-state index contributed by atoms with van der Waals surface area (Å²) < 4.78 is 0. The van der Waals surface area contributed by atoms with Crippen molar-refractivity contribution in [3.63, 3.8) is 0 Å². The van der Waals surface area contributed by atoms with Crippen molar-refractivity contribution >= 4 is 5.91 Å². The predicted molar refractivity (Wildman–Crippen MR) is 105 cm³/mol. The zero-order valence-electron chi connectivity index (χ0n) is 14.7. The number of rotatable bonds is 6. The summed E-state index contributed by atoms with van der Waals surface area (Å²) >= 11 is 0. The first-order valence-electron chi connectivity index (χ1n) is 9.26. The largest absolute Gasteiger partial charge is 0.355 e. The second-order valence-corrected chi connectivity index (χ2v) is 6.93. The molecular weight excluding hydrogens is 318 g/mol. The molecule has 0 radical (unpaired) electrons. The van der Waals surface area contributed by atoms with E-state index in [-0.39, 0.29) is 23.7 Å². The second kappa shape index (κ2) is 7.57. The van der Waals surface area contributed by atoms with Gasteiger partial charge in [-0.25, -0.2) is 0 Å². The SMILES string of the molecule is O=C(NCCc1ccccc1)C1[C@H](c2ccccc2)[C@H]1c1ccccc1. The lowest BCUT2D eigenvalue weighted by molar-refractivity contribution is -0.122. The molecule has 0 heterocycles. The van der Waals surface area contributed by atoms with Crippen LogP contribution in [0.5, 0.6) is 0 Å². The van der Waals surface area contributed by atoms with Crippen molar-refractivity contribution in [2.45, 2.75) is 18.3 Å². The molecule has 2 atom stereocenters. The van der Waals surface area contributed by atoms with Crippen LogP contribution in [-0.4, -0.2) is 12.5 Å². The number of hydrogen-bond acceptors (Lipinski definition) is 1. The molecule has 2 nitrogen and oxygen atoms in total. The lowest BCUT2D eigenvalue weighted by Gasteiger charge is -2.05. The van der Waals surface area contributed by atoms with Gasteiger partial charge in [0.05, 0.1) is 5.92 Å². The van der Waals surface area contributed by atoms with Crippen LogP contribution in [0.1, 0.15) is 28.5 Å². The van der Waals surface area contributed by atoms with Gasteiger partial charge in [-0.3, -0.25) is 4.79 Å². The van der Waals surface area contributed by atoms with Crippen LogP contribution in [0.25, 0.3) is 0 Å². The van der Waals surface area contributed by atoms with Gasteiger partial charge in [-0.2, -0.15) is 0 Å². The van der Waals surface area contributed by atoms with E-state index in [0.29, 0.717) is 6.54 Å². The van der Waals surface area contributed by atoms with E-state index in [9.17, 15) is 4.79 Å². The molecule has 130 valence electrons. The molecule has 3 aromatic carbocycles. The fourth-order valence-corrected chi connectivity index (χ4v) is 3.91. The van der Waals surface area contributed by atoms with Gasteiger partial charge in [-0.15, -0.1) is 0 Å². The van der Waals surface area contributed by atoms with E-state index < -0.39 is 0 Å². The van der Waals surface area contributed by atoms with Gasteiger partial charge in [-0.1, -0.05) is 91.0 Å². The molecule has 1 N–H and O–H groups in total. The highest BCUT2D eigenvalue weighted by atomic mass is 16.2. The molecule has 1 aliphatic rings. The third kappa shape index (κ3) is 3.55. The van der Waals surface area contributed by atoms with Crippen LogP contribution in [-0.2, 0) is 11.2 Å². The highest BCUT2D eigenvalue weighted by Gasteiger charge is 2.55. The molecule has 0 bridgehead atoms. The molecule has 1 aliphatic carbocycles. The maximum Gasteiger partial charge on any atom is 0.224 e. The maximum absolute atomic E-state index is 12.9. The fraction of sp³-hybridized carbons (Fsp3) is 0.208. The first-order valence-corrected chi connectivity index (χ1v) is 9.26. The molecule has 2 heteroatoms. The van der Waals surface area contributed by atoms with Gasteiger partial charge in [0.2, 0.25) is 5.91 Å². The van der Waals surface area contributed by atoms with Crippen LogP contribution < -0.4 is 5.32 Å². The van der Waals surface area contributed by atoms with E-state index in [1.165, 1.54) is 16.7 Å². The zero-order chi connectivity index (χ0) is 17.8. The number of amides is 1. The minimum absolute atomic E-state index is 0.0237. The van der Waals surface area contributed by atoms with Crippen molar-refractivity contribution in [1.82, 2.24) is 5.32 Å². The number of hydrogen-bond donors (Lipinski definition) is 1. The van der Waals surface area contributed by atoms with E-state index in [0.717, 1.165) is 6.42 Å². The van der Waals surface area contributed by atoms with Crippen molar-refractivity contribution in [3.05, 3.63) is 108 Å². The van der Waals surface area contributed by atoms with Crippen molar-refractivity contribution in [2.75, 3.05) is 6.54 Å². The van der Waals surface area contributed by atoms with Gasteiger partial charge in [0.25, 0.3) is 0 Å². The molecule has 1 saturated carbocycles. The summed E-state index contributed by atoms with van der Waals surface area (Å²) in [6, 6.07) is 31.1.